The minimum absolute atomic E-state index is 0.00469. The highest BCUT2D eigenvalue weighted by atomic mass is 35.5. The molecule has 0 spiro atoms. The van der Waals surface area contributed by atoms with Gasteiger partial charge in [0.15, 0.2) is 11.5 Å². The molecule has 3 heterocycles. The van der Waals surface area contributed by atoms with Crippen LogP contribution in [0.3, 0.4) is 0 Å². The maximum absolute atomic E-state index is 13.1. The Hall–Kier alpha value is -3.84. The average Bonchev–Trinajstić information content (AvgIpc) is 3.09. The van der Waals surface area contributed by atoms with Crippen LogP contribution in [0.2, 0.25) is 5.02 Å². The number of amides is 1. The predicted molar refractivity (Wildman–Crippen MR) is 121 cm³/mol. The summed E-state index contributed by atoms with van der Waals surface area (Å²) in [6.45, 7) is 0.931. The summed E-state index contributed by atoms with van der Waals surface area (Å²) in [5.41, 5.74) is 1.62. The third-order valence-corrected chi connectivity index (χ3v) is 5.85. The van der Waals surface area contributed by atoms with Crippen molar-refractivity contribution < 1.29 is 24.2 Å². The first kappa shape index (κ1) is 21.0. The molecule has 5 rings (SSSR count). The Morgan fingerprint density at radius 1 is 1.03 bits per heavy atom. The number of pyridine rings is 1. The molecule has 3 aromatic rings. The van der Waals surface area contributed by atoms with E-state index in [0.717, 1.165) is 0 Å². The van der Waals surface area contributed by atoms with Crippen LogP contribution in [0.15, 0.2) is 72.4 Å². The van der Waals surface area contributed by atoms with E-state index in [2.05, 4.69) is 4.98 Å². The molecule has 33 heavy (non-hydrogen) atoms. The number of ether oxygens (including phenoxy) is 2. The molecule has 1 N–H and O–H groups in total. The SMILES string of the molecule is O=C1C(=O)N(Cc2ccccn2)C(c2ccc(Cl)cc2)/C1=C(/O)c1ccc2c(c1)OCCO2. The number of Topliss-reactive ketones (excluding diaryl/α,β-unsaturated/α-hetero) is 1. The zero-order valence-electron chi connectivity index (χ0n) is 17.4. The number of carbonyl (C=O) groups excluding carboxylic acids is 2. The molecule has 2 aliphatic heterocycles. The lowest BCUT2D eigenvalue weighted by Gasteiger charge is -2.25. The van der Waals surface area contributed by atoms with Crippen molar-refractivity contribution in [2.45, 2.75) is 12.6 Å². The van der Waals surface area contributed by atoms with Gasteiger partial charge in [0.05, 0.1) is 23.9 Å². The second-order valence-electron chi connectivity index (χ2n) is 7.66. The predicted octanol–water partition coefficient (Wildman–Crippen LogP) is 4.13. The van der Waals surface area contributed by atoms with Gasteiger partial charge in [-0.15, -0.1) is 0 Å². The zero-order chi connectivity index (χ0) is 22.9. The topological polar surface area (TPSA) is 89.0 Å². The number of rotatable bonds is 4. The van der Waals surface area contributed by atoms with Gasteiger partial charge in [0.25, 0.3) is 11.7 Å². The van der Waals surface area contributed by atoms with Crippen LogP contribution in [0, 0.1) is 0 Å². The summed E-state index contributed by atoms with van der Waals surface area (Å²) in [5, 5.41) is 11.7. The van der Waals surface area contributed by atoms with Crippen molar-refractivity contribution in [1.29, 1.82) is 0 Å². The standard InChI is InChI=1S/C25H19ClN2O5/c26-17-7-4-15(5-8-17)22-21(23(29)16-6-9-19-20(13-16)33-12-11-32-19)24(30)25(31)28(22)14-18-3-1-2-10-27-18/h1-10,13,22,29H,11-12,14H2/b23-21-. The van der Waals surface area contributed by atoms with E-state index in [-0.39, 0.29) is 17.9 Å². The van der Waals surface area contributed by atoms with E-state index in [1.807, 2.05) is 6.07 Å². The van der Waals surface area contributed by atoms with Crippen LogP contribution in [0.25, 0.3) is 5.76 Å². The minimum atomic E-state index is -0.808. The first-order chi connectivity index (χ1) is 16.0. The van der Waals surface area contributed by atoms with Gasteiger partial charge in [-0.25, -0.2) is 0 Å². The van der Waals surface area contributed by atoms with Crippen molar-refractivity contribution in [2.24, 2.45) is 0 Å². The van der Waals surface area contributed by atoms with Crippen LogP contribution < -0.4 is 9.47 Å². The number of aromatic nitrogens is 1. The molecular weight excluding hydrogens is 444 g/mol. The molecule has 0 bridgehead atoms. The van der Waals surface area contributed by atoms with Crippen LogP contribution in [0.4, 0.5) is 0 Å². The summed E-state index contributed by atoms with van der Waals surface area (Å²) in [6, 6.07) is 16.3. The fourth-order valence-corrected chi connectivity index (χ4v) is 4.17. The molecule has 7 nitrogen and oxygen atoms in total. The second kappa shape index (κ2) is 8.60. The van der Waals surface area contributed by atoms with Gasteiger partial charge in [0.2, 0.25) is 0 Å². The largest absolute Gasteiger partial charge is 0.507 e. The molecule has 1 atom stereocenters. The van der Waals surface area contributed by atoms with Crippen molar-refractivity contribution in [3.8, 4) is 11.5 Å². The highest BCUT2D eigenvalue weighted by Crippen LogP contribution is 2.41. The molecular formula is C25H19ClN2O5. The highest BCUT2D eigenvalue weighted by molar-refractivity contribution is 6.46. The Morgan fingerprint density at radius 2 is 1.79 bits per heavy atom. The Labute approximate surface area is 194 Å². The number of fused-ring (bicyclic) bond motifs is 1. The van der Waals surface area contributed by atoms with E-state index in [0.29, 0.717) is 46.6 Å². The molecule has 2 aliphatic rings. The lowest BCUT2D eigenvalue weighted by molar-refractivity contribution is -0.140. The third-order valence-electron chi connectivity index (χ3n) is 5.60. The number of likely N-dealkylation sites (tertiary alicyclic amines) is 1. The van der Waals surface area contributed by atoms with Gasteiger partial charge in [0, 0.05) is 16.8 Å². The monoisotopic (exact) mass is 462 g/mol. The number of aliphatic hydroxyl groups is 1. The number of nitrogens with zero attached hydrogens (tertiary/aromatic N) is 2. The molecule has 1 fully saturated rings. The minimum Gasteiger partial charge on any atom is -0.507 e. The lowest BCUT2D eigenvalue weighted by atomic mass is 9.95. The van der Waals surface area contributed by atoms with E-state index in [9.17, 15) is 14.7 Å². The molecule has 2 aromatic carbocycles. The van der Waals surface area contributed by atoms with Crippen LogP contribution in [-0.2, 0) is 16.1 Å². The Balaban J connectivity index is 1.63. The molecule has 0 radical (unpaired) electrons. The zero-order valence-corrected chi connectivity index (χ0v) is 18.2. The second-order valence-corrected chi connectivity index (χ2v) is 8.09. The smallest absolute Gasteiger partial charge is 0.296 e. The van der Waals surface area contributed by atoms with Crippen LogP contribution in [0.1, 0.15) is 22.9 Å². The van der Waals surface area contributed by atoms with E-state index < -0.39 is 17.7 Å². The molecule has 1 aromatic heterocycles. The normalized spacial score (nSPS) is 19.1. The van der Waals surface area contributed by atoms with Crippen molar-refractivity contribution in [2.75, 3.05) is 13.2 Å². The number of ketones is 1. The van der Waals surface area contributed by atoms with Crippen LogP contribution >= 0.6 is 11.6 Å². The molecule has 1 unspecified atom stereocenters. The van der Waals surface area contributed by atoms with Crippen molar-refractivity contribution >= 4 is 29.1 Å². The summed E-state index contributed by atoms with van der Waals surface area (Å²) >= 11 is 6.06. The molecule has 0 saturated carbocycles. The van der Waals surface area contributed by atoms with E-state index >= 15 is 0 Å². The maximum atomic E-state index is 13.1. The Kier molecular flexibility index (Phi) is 5.48. The highest BCUT2D eigenvalue weighted by Gasteiger charge is 2.46. The van der Waals surface area contributed by atoms with Gasteiger partial charge >= 0.3 is 0 Å². The summed E-state index contributed by atoms with van der Waals surface area (Å²) in [7, 11) is 0. The number of carbonyl (C=O) groups is 2. The fourth-order valence-electron chi connectivity index (χ4n) is 4.05. The molecule has 166 valence electrons. The summed E-state index contributed by atoms with van der Waals surface area (Å²) in [4.78, 5) is 31.9. The van der Waals surface area contributed by atoms with Gasteiger partial charge in [-0.2, -0.15) is 0 Å². The first-order valence-corrected chi connectivity index (χ1v) is 10.7. The molecule has 0 aliphatic carbocycles. The van der Waals surface area contributed by atoms with Gasteiger partial charge in [-0.05, 0) is 48.0 Å². The van der Waals surface area contributed by atoms with Crippen LogP contribution in [-0.4, -0.2) is 39.9 Å². The lowest BCUT2D eigenvalue weighted by Crippen LogP contribution is -2.29. The maximum Gasteiger partial charge on any atom is 0.296 e. The van der Waals surface area contributed by atoms with Gasteiger partial charge in [-0.1, -0.05) is 29.8 Å². The summed E-state index contributed by atoms with van der Waals surface area (Å²) < 4.78 is 11.1. The third kappa shape index (κ3) is 3.91. The van der Waals surface area contributed by atoms with Crippen molar-refractivity contribution in [1.82, 2.24) is 9.88 Å². The quantitative estimate of drug-likeness (QED) is 0.356. The molecule has 1 saturated heterocycles. The summed E-state index contributed by atoms with van der Waals surface area (Å²) in [5.74, 6) is -0.731. The van der Waals surface area contributed by atoms with Gasteiger partial charge in [0.1, 0.15) is 19.0 Å². The van der Waals surface area contributed by atoms with Crippen LogP contribution in [0.5, 0.6) is 11.5 Å². The molecule has 1 amide bonds. The first-order valence-electron chi connectivity index (χ1n) is 10.4. The van der Waals surface area contributed by atoms with E-state index in [1.54, 1.807) is 60.8 Å². The number of benzene rings is 2. The van der Waals surface area contributed by atoms with Gasteiger partial charge in [-0.3, -0.25) is 14.6 Å². The van der Waals surface area contributed by atoms with Gasteiger partial charge < -0.3 is 19.5 Å². The number of halogens is 1. The fraction of sp³-hybridized carbons (Fsp3) is 0.160. The van der Waals surface area contributed by atoms with E-state index in [4.69, 9.17) is 21.1 Å². The van der Waals surface area contributed by atoms with Crippen molar-refractivity contribution in [3.05, 3.63) is 94.3 Å². The van der Waals surface area contributed by atoms with E-state index in [1.165, 1.54) is 4.90 Å². The summed E-state index contributed by atoms with van der Waals surface area (Å²) in [6.07, 6.45) is 1.62. The molecule has 8 heteroatoms. The number of hydrogen-bond donors (Lipinski definition) is 1. The Bertz CT molecular complexity index is 1260. The number of aliphatic hydroxyl groups excluding tert-OH is 1. The Morgan fingerprint density at radius 3 is 2.52 bits per heavy atom. The van der Waals surface area contributed by atoms with Crippen molar-refractivity contribution in [3.63, 3.8) is 0 Å². The number of hydrogen-bond acceptors (Lipinski definition) is 6. The average molecular weight is 463 g/mol.